The summed E-state index contributed by atoms with van der Waals surface area (Å²) in [5.74, 6) is 0.636. The molecular formula is C20H17N3O3. The van der Waals surface area contributed by atoms with Crippen LogP contribution in [0.15, 0.2) is 65.6 Å². The van der Waals surface area contributed by atoms with Crippen LogP contribution in [0.25, 0.3) is 17.1 Å². The van der Waals surface area contributed by atoms with Crippen molar-refractivity contribution in [1.82, 2.24) is 14.5 Å². The Morgan fingerprint density at radius 2 is 1.88 bits per heavy atom. The molecule has 0 atom stereocenters. The lowest BCUT2D eigenvalue weighted by Crippen LogP contribution is -2.17. The molecule has 0 unspecified atom stereocenters. The highest BCUT2D eigenvalue weighted by Gasteiger charge is 2.19. The molecular weight excluding hydrogens is 330 g/mol. The summed E-state index contributed by atoms with van der Waals surface area (Å²) < 4.78 is 1.44. The van der Waals surface area contributed by atoms with Gasteiger partial charge in [-0.25, -0.2) is 4.98 Å². The van der Waals surface area contributed by atoms with E-state index in [0.717, 1.165) is 16.8 Å². The molecule has 2 heterocycles. The lowest BCUT2D eigenvalue weighted by molar-refractivity contribution is 0.276. The number of hydrogen-bond donors (Lipinski definition) is 3. The molecule has 130 valence electrons. The lowest BCUT2D eigenvalue weighted by atomic mass is 10.1. The standard InChI is InChI=1S/C20H17N3O3/c24-12-18-20(26)23-11-17(14-7-4-8-15(25)10-14)21-16(19(23)22-18)9-13-5-2-1-3-6-13/h1-8,10-11,21,24-25H,9,12H2. The molecule has 2 aliphatic heterocycles. The van der Waals surface area contributed by atoms with Gasteiger partial charge in [0.1, 0.15) is 11.4 Å². The number of fused-ring (bicyclic) bond motifs is 1. The predicted molar refractivity (Wildman–Crippen MR) is 97.6 cm³/mol. The largest absolute Gasteiger partial charge is 0.508 e. The number of hydrogen-bond acceptors (Lipinski definition) is 4. The van der Waals surface area contributed by atoms with Gasteiger partial charge >= 0.3 is 0 Å². The minimum Gasteiger partial charge on any atom is -0.508 e. The fourth-order valence-electron chi connectivity index (χ4n) is 3.02. The highest BCUT2D eigenvalue weighted by atomic mass is 16.3. The molecule has 6 nitrogen and oxygen atoms in total. The summed E-state index contributed by atoms with van der Waals surface area (Å²) in [5, 5.41) is 19.2. The molecule has 0 aliphatic carbocycles. The molecule has 3 N–H and O–H groups in total. The van der Waals surface area contributed by atoms with Gasteiger partial charge in [-0.1, -0.05) is 42.5 Å². The first-order chi connectivity index (χ1) is 12.7. The van der Waals surface area contributed by atoms with E-state index >= 15 is 0 Å². The van der Waals surface area contributed by atoms with Gasteiger partial charge < -0.3 is 15.2 Å². The van der Waals surface area contributed by atoms with E-state index in [4.69, 9.17) is 0 Å². The second-order valence-electron chi connectivity index (χ2n) is 6.07. The van der Waals surface area contributed by atoms with Gasteiger partial charge in [0, 0.05) is 18.2 Å². The summed E-state index contributed by atoms with van der Waals surface area (Å²) in [7, 11) is 0. The van der Waals surface area contributed by atoms with E-state index in [1.54, 1.807) is 24.4 Å². The summed E-state index contributed by atoms with van der Waals surface area (Å²) in [6.07, 6.45) is 2.20. The van der Waals surface area contributed by atoms with E-state index in [1.165, 1.54) is 4.57 Å². The Kier molecular flexibility index (Phi) is 4.02. The number of nitrogens with zero attached hydrogens (tertiary/aromatic N) is 2. The van der Waals surface area contributed by atoms with Crippen LogP contribution < -0.4 is 5.56 Å². The number of imidazole rings is 1. The van der Waals surface area contributed by atoms with Crippen molar-refractivity contribution in [2.24, 2.45) is 0 Å². The number of phenols is 1. The van der Waals surface area contributed by atoms with Crippen molar-refractivity contribution in [2.75, 3.05) is 0 Å². The Bertz CT molecular complexity index is 1080. The zero-order chi connectivity index (χ0) is 18.1. The van der Waals surface area contributed by atoms with Crippen molar-refractivity contribution < 1.29 is 10.2 Å². The number of aromatic amines is 1. The molecule has 0 bridgehead atoms. The zero-order valence-corrected chi connectivity index (χ0v) is 13.9. The van der Waals surface area contributed by atoms with Crippen LogP contribution in [0.4, 0.5) is 0 Å². The van der Waals surface area contributed by atoms with E-state index in [1.807, 2.05) is 36.4 Å². The molecule has 0 saturated carbocycles. The van der Waals surface area contributed by atoms with Crippen molar-refractivity contribution in [3.63, 3.8) is 0 Å². The van der Waals surface area contributed by atoms with E-state index in [2.05, 4.69) is 9.97 Å². The molecule has 0 fully saturated rings. The molecule has 2 aromatic carbocycles. The van der Waals surface area contributed by atoms with Crippen LogP contribution in [0.2, 0.25) is 0 Å². The summed E-state index contributed by atoms with van der Waals surface area (Å²) in [6.45, 7) is -0.410. The van der Waals surface area contributed by atoms with Gasteiger partial charge in [0.05, 0.1) is 18.0 Å². The molecule has 2 aliphatic rings. The Hall–Kier alpha value is -3.38. The molecule has 0 aromatic heterocycles. The Morgan fingerprint density at radius 1 is 1.08 bits per heavy atom. The number of phenolic OH excluding ortho intramolecular Hbond substituents is 1. The Labute approximate surface area is 149 Å². The van der Waals surface area contributed by atoms with Gasteiger partial charge in [0.25, 0.3) is 5.56 Å². The normalized spacial score (nSPS) is 11.1. The summed E-state index contributed by atoms with van der Waals surface area (Å²) >= 11 is 0. The second-order valence-corrected chi connectivity index (χ2v) is 6.07. The maximum absolute atomic E-state index is 12.5. The molecule has 0 saturated heterocycles. The average molecular weight is 347 g/mol. The van der Waals surface area contributed by atoms with Gasteiger partial charge in [-0.15, -0.1) is 0 Å². The van der Waals surface area contributed by atoms with Crippen molar-refractivity contribution in [1.29, 1.82) is 0 Å². The van der Waals surface area contributed by atoms with Gasteiger partial charge in [-0.2, -0.15) is 0 Å². The first-order valence-electron chi connectivity index (χ1n) is 8.23. The van der Waals surface area contributed by atoms with Crippen LogP contribution in [0.3, 0.4) is 0 Å². The quantitative estimate of drug-likeness (QED) is 0.529. The number of aliphatic hydroxyl groups is 1. The van der Waals surface area contributed by atoms with Crippen LogP contribution in [0.5, 0.6) is 5.75 Å². The van der Waals surface area contributed by atoms with Crippen LogP contribution in [-0.2, 0) is 13.0 Å². The van der Waals surface area contributed by atoms with E-state index in [9.17, 15) is 15.0 Å². The summed E-state index contributed by atoms with van der Waals surface area (Å²) in [6, 6.07) is 16.7. The number of nitrogens with one attached hydrogen (secondary N) is 1. The number of aromatic hydroxyl groups is 1. The topological polar surface area (TPSA) is 91.1 Å². The van der Waals surface area contributed by atoms with Gasteiger partial charge in [0.15, 0.2) is 5.82 Å². The van der Waals surface area contributed by atoms with Crippen LogP contribution in [0, 0.1) is 0 Å². The maximum atomic E-state index is 12.5. The van der Waals surface area contributed by atoms with Crippen LogP contribution in [0.1, 0.15) is 17.0 Å². The fourth-order valence-corrected chi connectivity index (χ4v) is 3.02. The lowest BCUT2D eigenvalue weighted by Gasteiger charge is -2.13. The third-order valence-corrected chi connectivity index (χ3v) is 4.28. The van der Waals surface area contributed by atoms with Crippen molar-refractivity contribution >= 4 is 0 Å². The third-order valence-electron chi connectivity index (χ3n) is 4.28. The molecule has 4 rings (SSSR count). The zero-order valence-electron chi connectivity index (χ0n) is 13.9. The maximum Gasteiger partial charge on any atom is 0.280 e. The van der Waals surface area contributed by atoms with Crippen molar-refractivity contribution in [3.05, 3.63) is 88.1 Å². The number of rotatable bonds is 4. The highest BCUT2D eigenvalue weighted by Crippen LogP contribution is 2.25. The smallest absolute Gasteiger partial charge is 0.280 e. The van der Waals surface area contributed by atoms with Crippen molar-refractivity contribution in [2.45, 2.75) is 13.0 Å². The van der Waals surface area contributed by atoms with E-state index in [-0.39, 0.29) is 17.0 Å². The Morgan fingerprint density at radius 3 is 2.62 bits per heavy atom. The summed E-state index contributed by atoms with van der Waals surface area (Å²) in [4.78, 5) is 20.1. The van der Waals surface area contributed by atoms with Crippen LogP contribution >= 0.6 is 0 Å². The monoisotopic (exact) mass is 347 g/mol. The minimum absolute atomic E-state index is 0.112. The van der Waals surface area contributed by atoms with E-state index < -0.39 is 6.61 Å². The number of benzene rings is 2. The first-order valence-corrected chi connectivity index (χ1v) is 8.23. The van der Waals surface area contributed by atoms with Crippen LogP contribution in [-0.4, -0.2) is 24.7 Å². The van der Waals surface area contributed by atoms with Crippen molar-refractivity contribution in [3.8, 4) is 22.8 Å². The summed E-state index contributed by atoms with van der Waals surface area (Å²) in [5.41, 5.74) is 3.03. The highest BCUT2D eigenvalue weighted by molar-refractivity contribution is 5.62. The molecule has 0 radical (unpaired) electrons. The number of H-pyrrole nitrogens is 1. The molecule has 6 heteroatoms. The number of aromatic nitrogens is 3. The SMILES string of the molecule is O=c1c(CO)nc2c(Cc3ccccc3)[nH]c(-c3cccc(O)c3)cn1-2. The predicted octanol–water partition coefficient (Wildman–Crippen LogP) is 2.45. The van der Waals surface area contributed by atoms with Gasteiger partial charge in [0.2, 0.25) is 0 Å². The number of aliphatic hydroxyl groups excluding tert-OH is 1. The third kappa shape index (κ3) is 2.87. The molecule has 2 aromatic rings. The molecule has 26 heavy (non-hydrogen) atoms. The fraction of sp³-hybridized carbons (Fsp3) is 0.100. The van der Waals surface area contributed by atoms with Gasteiger partial charge in [-0.05, 0) is 17.7 Å². The Balaban J connectivity index is 1.92. The molecule has 0 spiro atoms. The van der Waals surface area contributed by atoms with E-state index in [0.29, 0.717) is 17.9 Å². The van der Waals surface area contributed by atoms with Gasteiger partial charge in [-0.3, -0.25) is 9.36 Å². The molecule has 0 amide bonds. The minimum atomic E-state index is -0.410. The first kappa shape index (κ1) is 16.1. The second kappa shape index (κ2) is 6.50. The average Bonchev–Trinajstić information content (AvgIpc) is 2.99.